The number of aromatic nitrogens is 2. The highest BCUT2D eigenvalue weighted by Crippen LogP contribution is 2.18. The summed E-state index contributed by atoms with van der Waals surface area (Å²) >= 11 is 0. The van der Waals surface area contributed by atoms with Crippen molar-refractivity contribution in [1.82, 2.24) is 9.55 Å². The molecule has 18 heavy (non-hydrogen) atoms. The zero-order valence-electron chi connectivity index (χ0n) is 10.8. The summed E-state index contributed by atoms with van der Waals surface area (Å²) in [5, 5.41) is 0. The minimum atomic E-state index is 0.0229. The summed E-state index contributed by atoms with van der Waals surface area (Å²) in [7, 11) is 0. The molecule has 0 bridgehead atoms. The number of nitrogens with zero attached hydrogens (tertiary/aromatic N) is 2. The minimum absolute atomic E-state index is 0.0229. The lowest BCUT2D eigenvalue weighted by Gasteiger charge is -2.10. The molecule has 0 spiro atoms. The molecule has 0 unspecified atom stereocenters. The van der Waals surface area contributed by atoms with E-state index in [0.29, 0.717) is 6.61 Å². The number of imidazole rings is 1. The van der Waals surface area contributed by atoms with E-state index in [9.17, 15) is 0 Å². The van der Waals surface area contributed by atoms with Crippen LogP contribution in [0.15, 0.2) is 36.8 Å². The fourth-order valence-electron chi connectivity index (χ4n) is 1.80. The minimum Gasteiger partial charge on any atom is -0.487 e. The molecule has 0 fully saturated rings. The summed E-state index contributed by atoms with van der Waals surface area (Å²) in [5.74, 6) is 0.841. The Balaban J connectivity index is 2.04. The van der Waals surface area contributed by atoms with E-state index in [1.165, 1.54) is 0 Å². The van der Waals surface area contributed by atoms with Gasteiger partial charge in [-0.05, 0) is 31.5 Å². The van der Waals surface area contributed by atoms with Crippen LogP contribution in [-0.4, -0.2) is 9.55 Å². The van der Waals surface area contributed by atoms with Gasteiger partial charge in [-0.3, -0.25) is 0 Å². The number of aryl methyl sites for hydroxylation is 1. The van der Waals surface area contributed by atoms with Crippen LogP contribution in [-0.2, 0) is 13.2 Å². The Morgan fingerprint density at radius 3 is 3.00 bits per heavy atom. The van der Waals surface area contributed by atoms with E-state index < -0.39 is 0 Å². The Labute approximate surface area is 107 Å². The Hall–Kier alpha value is -1.81. The first-order valence-corrected chi connectivity index (χ1v) is 6.18. The Kier molecular flexibility index (Phi) is 3.99. The van der Waals surface area contributed by atoms with E-state index in [2.05, 4.69) is 16.5 Å². The molecule has 1 heterocycles. The molecule has 0 amide bonds. The molecule has 2 rings (SSSR count). The Morgan fingerprint density at radius 1 is 1.44 bits per heavy atom. The van der Waals surface area contributed by atoms with Crippen molar-refractivity contribution in [2.75, 3.05) is 0 Å². The molecular formula is C14H19N3O. The third kappa shape index (κ3) is 2.90. The number of nitrogens with two attached hydrogens (primary N) is 1. The van der Waals surface area contributed by atoms with Gasteiger partial charge in [0.2, 0.25) is 0 Å². The monoisotopic (exact) mass is 245 g/mol. The van der Waals surface area contributed by atoms with Crippen molar-refractivity contribution in [3.05, 3.63) is 48.0 Å². The molecule has 0 saturated heterocycles. The van der Waals surface area contributed by atoms with Gasteiger partial charge in [0.1, 0.15) is 12.4 Å². The molecule has 4 nitrogen and oxygen atoms in total. The topological polar surface area (TPSA) is 53.1 Å². The van der Waals surface area contributed by atoms with Crippen LogP contribution in [0.1, 0.15) is 31.1 Å². The van der Waals surface area contributed by atoms with Crippen LogP contribution in [0.5, 0.6) is 5.75 Å². The van der Waals surface area contributed by atoms with Crippen LogP contribution >= 0.6 is 0 Å². The average Bonchev–Trinajstić information content (AvgIpc) is 2.84. The van der Waals surface area contributed by atoms with Gasteiger partial charge < -0.3 is 15.0 Å². The van der Waals surface area contributed by atoms with Crippen molar-refractivity contribution in [3.8, 4) is 5.75 Å². The maximum atomic E-state index is 5.85. The second kappa shape index (κ2) is 5.69. The van der Waals surface area contributed by atoms with E-state index >= 15 is 0 Å². The molecule has 96 valence electrons. The molecule has 2 N–H and O–H groups in total. The first-order chi connectivity index (χ1) is 8.70. The van der Waals surface area contributed by atoms with Gasteiger partial charge in [-0.1, -0.05) is 12.1 Å². The molecule has 0 aliphatic rings. The van der Waals surface area contributed by atoms with E-state index in [1.54, 1.807) is 0 Å². The lowest BCUT2D eigenvalue weighted by molar-refractivity contribution is 0.295. The maximum Gasteiger partial charge on any atom is 0.130 e. The third-order valence-electron chi connectivity index (χ3n) is 2.91. The SMILES string of the molecule is CCn1cncc1COc1cccc([C@H](C)N)c1. The number of ether oxygens (including phenoxy) is 1. The molecule has 0 saturated carbocycles. The van der Waals surface area contributed by atoms with Gasteiger partial charge in [-0.2, -0.15) is 0 Å². The standard InChI is InChI=1S/C14H19N3O/c1-3-17-10-16-8-13(17)9-18-14-6-4-5-12(7-14)11(2)15/h4-8,10-11H,3,9,15H2,1-2H3/t11-/m0/s1. The van der Waals surface area contributed by atoms with E-state index in [1.807, 2.05) is 43.7 Å². The smallest absolute Gasteiger partial charge is 0.130 e. The first kappa shape index (κ1) is 12.6. The van der Waals surface area contributed by atoms with Crippen LogP contribution in [0, 0.1) is 0 Å². The third-order valence-corrected chi connectivity index (χ3v) is 2.91. The quantitative estimate of drug-likeness (QED) is 0.880. The fraction of sp³-hybridized carbons (Fsp3) is 0.357. The van der Waals surface area contributed by atoms with Gasteiger partial charge in [-0.15, -0.1) is 0 Å². The lowest BCUT2D eigenvalue weighted by atomic mass is 10.1. The fourth-order valence-corrected chi connectivity index (χ4v) is 1.80. The highest BCUT2D eigenvalue weighted by molar-refractivity contribution is 5.30. The van der Waals surface area contributed by atoms with Crippen LogP contribution in [0.25, 0.3) is 0 Å². The summed E-state index contributed by atoms with van der Waals surface area (Å²) in [6, 6.07) is 7.92. The Morgan fingerprint density at radius 2 is 2.28 bits per heavy atom. The molecule has 1 aromatic carbocycles. The number of benzene rings is 1. The predicted octanol–water partition coefficient (Wildman–Crippen LogP) is 2.50. The molecule has 4 heteroatoms. The summed E-state index contributed by atoms with van der Waals surface area (Å²) in [5.41, 5.74) is 8.00. The normalized spacial score (nSPS) is 12.4. The molecular weight excluding hydrogens is 226 g/mol. The van der Waals surface area contributed by atoms with Crippen molar-refractivity contribution in [1.29, 1.82) is 0 Å². The molecule has 1 atom stereocenters. The summed E-state index contributed by atoms with van der Waals surface area (Å²) in [4.78, 5) is 4.11. The number of hydrogen-bond acceptors (Lipinski definition) is 3. The van der Waals surface area contributed by atoms with Crippen molar-refractivity contribution in [2.24, 2.45) is 5.73 Å². The van der Waals surface area contributed by atoms with Crippen molar-refractivity contribution < 1.29 is 4.74 Å². The van der Waals surface area contributed by atoms with Crippen molar-refractivity contribution in [3.63, 3.8) is 0 Å². The molecule has 0 aliphatic heterocycles. The predicted molar refractivity (Wildman–Crippen MR) is 71.3 cm³/mol. The van der Waals surface area contributed by atoms with Crippen molar-refractivity contribution in [2.45, 2.75) is 33.0 Å². The van der Waals surface area contributed by atoms with Gasteiger partial charge in [0, 0.05) is 12.6 Å². The zero-order valence-corrected chi connectivity index (χ0v) is 10.8. The highest BCUT2D eigenvalue weighted by atomic mass is 16.5. The van der Waals surface area contributed by atoms with Crippen LogP contribution in [0.2, 0.25) is 0 Å². The summed E-state index contributed by atoms with van der Waals surface area (Å²) < 4.78 is 7.83. The molecule has 2 aromatic rings. The van der Waals surface area contributed by atoms with Crippen LogP contribution in [0.4, 0.5) is 0 Å². The lowest BCUT2D eigenvalue weighted by Crippen LogP contribution is -2.06. The van der Waals surface area contributed by atoms with Crippen molar-refractivity contribution >= 4 is 0 Å². The highest BCUT2D eigenvalue weighted by Gasteiger charge is 2.04. The van der Waals surface area contributed by atoms with Gasteiger partial charge in [0.25, 0.3) is 0 Å². The summed E-state index contributed by atoms with van der Waals surface area (Å²) in [6.07, 6.45) is 3.65. The van der Waals surface area contributed by atoms with Gasteiger partial charge in [0.15, 0.2) is 0 Å². The molecule has 0 radical (unpaired) electrons. The van der Waals surface area contributed by atoms with E-state index in [0.717, 1.165) is 23.6 Å². The number of hydrogen-bond donors (Lipinski definition) is 1. The summed E-state index contributed by atoms with van der Waals surface area (Å²) in [6.45, 7) is 5.47. The van der Waals surface area contributed by atoms with Crippen LogP contribution in [0.3, 0.4) is 0 Å². The average molecular weight is 245 g/mol. The Bertz CT molecular complexity index is 505. The van der Waals surface area contributed by atoms with Gasteiger partial charge in [-0.25, -0.2) is 4.98 Å². The second-order valence-electron chi connectivity index (χ2n) is 4.32. The molecule has 0 aliphatic carbocycles. The first-order valence-electron chi connectivity index (χ1n) is 6.18. The largest absolute Gasteiger partial charge is 0.487 e. The van der Waals surface area contributed by atoms with E-state index in [-0.39, 0.29) is 6.04 Å². The van der Waals surface area contributed by atoms with Gasteiger partial charge in [0.05, 0.1) is 18.2 Å². The van der Waals surface area contributed by atoms with E-state index in [4.69, 9.17) is 10.5 Å². The zero-order chi connectivity index (χ0) is 13.0. The maximum absolute atomic E-state index is 5.85. The molecule has 1 aromatic heterocycles. The van der Waals surface area contributed by atoms with Crippen LogP contribution < -0.4 is 10.5 Å². The van der Waals surface area contributed by atoms with Gasteiger partial charge >= 0.3 is 0 Å². The second-order valence-corrected chi connectivity index (χ2v) is 4.32. The number of rotatable bonds is 5.